The highest BCUT2D eigenvalue weighted by Gasteiger charge is 2.25. The number of fused-ring (bicyclic) bond motifs is 2. The molecule has 0 fully saturated rings. The van der Waals surface area contributed by atoms with Crippen molar-refractivity contribution in [3.8, 4) is 11.5 Å². The zero-order valence-electron chi connectivity index (χ0n) is 27.0. The van der Waals surface area contributed by atoms with Crippen LogP contribution in [0.2, 0.25) is 0 Å². The van der Waals surface area contributed by atoms with Gasteiger partial charge in [0, 0.05) is 5.56 Å². The first-order chi connectivity index (χ1) is 20.6. The molecule has 0 aliphatic carbocycles. The van der Waals surface area contributed by atoms with Crippen LogP contribution in [0, 0.1) is 0 Å². The fourth-order valence-corrected chi connectivity index (χ4v) is 7.38. The molecule has 2 bridgehead atoms. The third kappa shape index (κ3) is 10.4. The van der Waals surface area contributed by atoms with Gasteiger partial charge in [0.25, 0.3) is 0 Å². The first kappa shape index (κ1) is 34.2. The third-order valence-electron chi connectivity index (χ3n) is 8.30. The van der Waals surface area contributed by atoms with Crippen LogP contribution < -0.4 is 19.4 Å². The van der Waals surface area contributed by atoms with Crippen molar-refractivity contribution >= 4 is 27.5 Å². The van der Waals surface area contributed by atoms with E-state index in [-0.39, 0.29) is 5.43 Å². The lowest BCUT2D eigenvalue weighted by Gasteiger charge is -2.24. The van der Waals surface area contributed by atoms with E-state index in [0.29, 0.717) is 24.5 Å². The summed E-state index contributed by atoms with van der Waals surface area (Å²) < 4.78 is 14.3. The molecule has 232 valence electrons. The molecule has 0 aliphatic heterocycles. The van der Waals surface area contributed by atoms with Gasteiger partial charge < -0.3 is 9.47 Å². The Hall–Kier alpha value is -2.33. The van der Waals surface area contributed by atoms with Gasteiger partial charge in [-0.1, -0.05) is 134 Å². The van der Waals surface area contributed by atoms with Gasteiger partial charge in [-0.05, 0) is 50.3 Å². The van der Waals surface area contributed by atoms with E-state index in [0.717, 1.165) is 45.6 Å². The Bertz CT molecular complexity index is 1260. The Morgan fingerprint density at radius 3 is 1.88 bits per heavy atom. The SMILES string of the molecule is CCCCCCCCCCCCCCCC(CCC)c1c(OCC)cc2c(OCC)c1sc(=Cc1ccccc1)c2=O. The molecule has 1 aromatic heterocycles. The molecule has 2 aromatic carbocycles. The van der Waals surface area contributed by atoms with Gasteiger partial charge >= 0.3 is 0 Å². The van der Waals surface area contributed by atoms with E-state index in [1.807, 2.05) is 56.3 Å². The maximum Gasteiger partial charge on any atom is 0.206 e. The zero-order chi connectivity index (χ0) is 30.0. The number of hydrogen-bond donors (Lipinski definition) is 0. The lowest BCUT2D eigenvalue weighted by molar-refractivity contribution is 0.328. The molecule has 0 aliphatic rings. The number of unbranched alkanes of at least 4 members (excludes halogenated alkanes) is 12. The molecule has 0 saturated heterocycles. The van der Waals surface area contributed by atoms with Crippen molar-refractivity contribution in [3.05, 3.63) is 62.3 Å². The highest BCUT2D eigenvalue weighted by atomic mass is 32.1. The van der Waals surface area contributed by atoms with Gasteiger partial charge in [0.1, 0.15) is 11.5 Å². The maximum absolute atomic E-state index is 13.6. The Kier molecular flexibility index (Phi) is 16.1. The summed E-state index contributed by atoms with van der Waals surface area (Å²) in [5.74, 6) is 2.02. The van der Waals surface area contributed by atoms with E-state index in [2.05, 4.69) is 13.8 Å². The predicted octanol–water partition coefficient (Wildman–Crippen LogP) is 11.0. The second-order valence-electron chi connectivity index (χ2n) is 11.7. The zero-order valence-corrected chi connectivity index (χ0v) is 27.8. The molecule has 4 heteroatoms. The highest BCUT2D eigenvalue weighted by molar-refractivity contribution is 7.16. The molecule has 1 atom stereocenters. The lowest BCUT2D eigenvalue weighted by Crippen LogP contribution is -2.24. The summed E-state index contributed by atoms with van der Waals surface area (Å²) in [6.45, 7) is 9.72. The van der Waals surface area contributed by atoms with E-state index in [4.69, 9.17) is 9.47 Å². The topological polar surface area (TPSA) is 35.5 Å². The normalized spacial score (nSPS) is 12.7. The second-order valence-corrected chi connectivity index (χ2v) is 12.8. The molecule has 3 nitrogen and oxygen atoms in total. The Balaban J connectivity index is 1.72. The van der Waals surface area contributed by atoms with Crippen molar-refractivity contribution in [2.45, 2.75) is 136 Å². The van der Waals surface area contributed by atoms with Crippen molar-refractivity contribution in [1.29, 1.82) is 0 Å². The van der Waals surface area contributed by atoms with Gasteiger partial charge in [-0.25, -0.2) is 0 Å². The minimum atomic E-state index is 0.0239. The molecule has 0 N–H and O–H groups in total. The molecule has 1 heterocycles. The number of benzene rings is 2. The molecule has 1 unspecified atom stereocenters. The maximum atomic E-state index is 13.6. The van der Waals surface area contributed by atoms with E-state index < -0.39 is 0 Å². The first-order valence-electron chi connectivity index (χ1n) is 17.1. The van der Waals surface area contributed by atoms with Crippen molar-refractivity contribution < 1.29 is 9.47 Å². The Morgan fingerprint density at radius 2 is 1.31 bits per heavy atom. The van der Waals surface area contributed by atoms with Crippen molar-refractivity contribution in [2.75, 3.05) is 13.2 Å². The Morgan fingerprint density at radius 1 is 0.714 bits per heavy atom. The summed E-state index contributed by atoms with van der Waals surface area (Å²) in [5.41, 5.74) is 2.32. The van der Waals surface area contributed by atoms with Crippen LogP contribution in [0.5, 0.6) is 11.5 Å². The fraction of sp³-hybridized carbons (Fsp3) is 0.605. The average molecular weight is 593 g/mol. The van der Waals surface area contributed by atoms with Crippen LogP contribution in [-0.4, -0.2) is 13.2 Å². The molecule has 3 rings (SSSR count). The summed E-state index contributed by atoms with van der Waals surface area (Å²) in [4.78, 5) is 13.6. The van der Waals surface area contributed by atoms with E-state index >= 15 is 0 Å². The minimum absolute atomic E-state index is 0.0239. The van der Waals surface area contributed by atoms with E-state index in [1.54, 1.807) is 11.3 Å². The quantitative estimate of drug-likeness (QED) is 0.109. The summed E-state index contributed by atoms with van der Waals surface area (Å²) >= 11 is 1.58. The monoisotopic (exact) mass is 592 g/mol. The lowest BCUT2D eigenvalue weighted by atomic mass is 9.87. The molecule has 0 saturated carbocycles. The summed E-state index contributed by atoms with van der Waals surface area (Å²) in [6.07, 6.45) is 23.2. The van der Waals surface area contributed by atoms with Gasteiger partial charge in [-0.2, -0.15) is 0 Å². The molecular weight excluding hydrogens is 536 g/mol. The van der Waals surface area contributed by atoms with Crippen LogP contribution in [0.3, 0.4) is 0 Å². The molecule has 3 aromatic rings. The summed E-state index contributed by atoms with van der Waals surface area (Å²) in [7, 11) is 0. The molecule has 42 heavy (non-hydrogen) atoms. The molecule has 0 spiro atoms. The van der Waals surface area contributed by atoms with E-state index in [9.17, 15) is 4.79 Å². The minimum Gasteiger partial charge on any atom is -0.494 e. The van der Waals surface area contributed by atoms with Crippen LogP contribution in [0.1, 0.15) is 147 Å². The van der Waals surface area contributed by atoms with Crippen LogP contribution in [0.25, 0.3) is 16.2 Å². The van der Waals surface area contributed by atoms with Crippen LogP contribution in [0.4, 0.5) is 0 Å². The largest absolute Gasteiger partial charge is 0.494 e. The van der Waals surface area contributed by atoms with Crippen LogP contribution >= 0.6 is 11.3 Å². The number of ether oxygens (including phenoxy) is 2. The smallest absolute Gasteiger partial charge is 0.206 e. The van der Waals surface area contributed by atoms with Gasteiger partial charge in [-0.15, -0.1) is 11.3 Å². The predicted molar refractivity (Wildman–Crippen MR) is 184 cm³/mol. The third-order valence-corrected chi connectivity index (χ3v) is 9.44. The molecule has 0 amide bonds. The number of hydrogen-bond acceptors (Lipinski definition) is 4. The standard InChI is InChI=1S/C38H56O3S/c1-5-9-10-11-12-13-14-15-16-17-18-19-23-27-31(24-6-2)35-33(40-7-3)29-32-36(39)34(28-30-25-21-20-22-26-30)42-38(35)37(32)41-8-4/h20-22,25-26,28-29,31H,5-19,23-24,27H2,1-4H3. The number of rotatable bonds is 22. The van der Waals surface area contributed by atoms with Gasteiger partial charge in [0.15, 0.2) is 0 Å². The highest BCUT2D eigenvalue weighted by Crippen LogP contribution is 2.44. The Labute approximate surface area is 259 Å². The summed E-state index contributed by atoms with van der Waals surface area (Å²) in [6, 6.07) is 12.1. The second kappa shape index (κ2) is 19.8. The summed E-state index contributed by atoms with van der Waals surface area (Å²) in [5, 5.41) is 0.635. The molecular formula is C38H56O3S. The van der Waals surface area contributed by atoms with Crippen LogP contribution in [0.15, 0.2) is 41.2 Å². The average Bonchev–Trinajstić information content (AvgIpc) is 2.99. The van der Waals surface area contributed by atoms with E-state index in [1.165, 1.54) is 89.0 Å². The van der Waals surface area contributed by atoms with Gasteiger partial charge in [-0.3, -0.25) is 4.79 Å². The fourth-order valence-electron chi connectivity index (χ4n) is 6.12. The van der Waals surface area contributed by atoms with Crippen LogP contribution in [-0.2, 0) is 0 Å². The van der Waals surface area contributed by atoms with Crippen molar-refractivity contribution in [2.24, 2.45) is 0 Å². The first-order valence-corrected chi connectivity index (χ1v) is 17.9. The molecule has 0 radical (unpaired) electrons. The van der Waals surface area contributed by atoms with Crippen molar-refractivity contribution in [3.63, 3.8) is 0 Å². The van der Waals surface area contributed by atoms with Gasteiger partial charge in [0.05, 0.1) is 27.8 Å². The van der Waals surface area contributed by atoms with Crippen molar-refractivity contribution in [1.82, 2.24) is 0 Å². The van der Waals surface area contributed by atoms with Gasteiger partial charge in [0.2, 0.25) is 5.43 Å².